The molecular formula is C74H113N. The summed E-state index contributed by atoms with van der Waals surface area (Å²) >= 11 is 0. The van der Waals surface area contributed by atoms with E-state index in [9.17, 15) is 0 Å². The minimum Gasteiger partial charge on any atom is -0.316 e. The Morgan fingerprint density at radius 3 is 0.853 bits per heavy atom. The molecule has 1 N–H and O–H groups in total. The maximum absolute atomic E-state index is 3.42. The van der Waals surface area contributed by atoms with Gasteiger partial charge < -0.3 is 5.32 Å². The molecule has 0 bridgehead atoms. The van der Waals surface area contributed by atoms with Gasteiger partial charge in [-0.1, -0.05) is 199 Å². The molecule has 1 nitrogen and oxygen atoms in total. The van der Waals surface area contributed by atoms with Gasteiger partial charge in [-0.3, -0.25) is 0 Å². The lowest BCUT2D eigenvalue weighted by Gasteiger charge is -2.43. The first-order chi connectivity index (χ1) is 36.8. The Hall–Kier alpha value is -2.64. The zero-order valence-corrected chi connectivity index (χ0v) is 48.6. The molecule has 0 unspecified atom stereocenters. The molecule has 75 heavy (non-hydrogen) atoms. The van der Waals surface area contributed by atoms with Gasteiger partial charge in [0.2, 0.25) is 0 Å². The van der Waals surface area contributed by atoms with Gasteiger partial charge in [0.25, 0.3) is 0 Å². The first-order valence-electron chi connectivity index (χ1n) is 33.1. The Bertz CT molecular complexity index is 1850. The summed E-state index contributed by atoms with van der Waals surface area (Å²) in [6, 6.07) is 0. The SMILES string of the molecule is C1=CCC2(C1)CC=CC2.C1=CCC2(C1)CCC2.C1=CCC2(C1)CCCC2.C1=CCC2(C1)CCCCC2.C1=CCC2(C1)CCNC2.C1=CCC2(C=C1)CCCC2.C1=CCC2(CC1)CCC2.C1=CCC2(CC1)CCCCC2. The molecule has 414 valence electrons. The van der Waals surface area contributed by atoms with Crippen molar-refractivity contribution in [2.75, 3.05) is 13.1 Å². The molecule has 0 radical (unpaired) electrons. The zero-order valence-electron chi connectivity index (χ0n) is 48.6. The molecule has 16 aliphatic rings. The van der Waals surface area contributed by atoms with E-state index in [1.165, 1.54) is 296 Å². The monoisotopic (exact) mass is 1020 g/mol. The van der Waals surface area contributed by atoms with E-state index in [2.05, 4.69) is 127 Å². The van der Waals surface area contributed by atoms with Crippen LogP contribution in [0.5, 0.6) is 0 Å². The van der Waals surface area contributed by atoms with Crippen LogP contribution in [0.1, 0.15) is 283 Å². The summed E-state index contributed by atoms with van der Waals surface area (Å²) in [7, 11) is 0. The third-order valence-electron chi connectivity index (χ3n) is 23.2. The van der Waals surface area contributed by atoms with Gasteiger partial charge in [-0.15, -0.1) is 0 Å². The van der Waals surface area contributed by atoms with Crippen molar-refractivity contribution in [2.24, 2.45) is 43.3 Å². The Labute approximate surface area is 463 Å². The van der Waals surface area contributed by atoms with Crippen LogP contribution in [-0.2, 0) is 0 Å². The summed E-state index contributed by atoms with van der Waals surface area (Å²) in [6.07, 6.45) is 110. The highest BCUT2D eigenvalue weighted by Gasteiger charge is 2.39. The predicted molar refractivity (Wildman–Crippen MR) is 327 cm³/mol. The Kier molecular flexibility index (Phi) is 21.3. The molecule has 7 fully saturated rings. The summed E-state index contributed by atoms with van der Waals surface area (Å²) < 4.78 is 0. The Balaban J connectivity index is 0.000000105. The summed E-state index contributed by atoms with van der Waals surface area (Å²) in [5.41, 5.74) is 5.87. The predicted octanol–water partition coefficient (Wildman–Crippen LogP) is 22.3. The molecule has 0 aromatic heterocycles. The van der Waals surface area contributed by atoms with Crippen LogP contribution in [-0.4, -0.2) is 13.1 Å². The van der Waals surface area contributed by atoms with Crippen LogP contribution in [0.3, 0.4) is 0 Å². The van der Waals surface area contributed by atoms with Gasteiger partial charge in [-0.2, -0.15) is 0 Å². The van der Waals surface area contributed by atoms with Crippen molar-refractivity contribution in [2.45, 2.75) is 283 Å². The average Bonchev–Trinajstić information content (AvgIpc) is 4.30. The maximum atomic E-state index is 3.42. The molecule has 0 amide bonds. The minimum atomic E-state index is 0.606. The molecule has 1 saturated heterocycles. The van der Waals surface area contributed by atoms with Crippen molar-refractivity contribution < 1.29 is 0 Å². The highest BCUT2D eigenvalue weighted by molar-refractivity contribution is 5.18. The van der Waals surface area contributed by atoms with E-state index in [-0.39, 0.29) is 0 Å². The first kappa shape index (κ1) is 57.1. The van der Waals surface area contributed by atoms with Crippen molar-refractivity contribution in [3.8, 4) is 0 Å². The molecule has 6 saturated carbocycles. The number of allylic oxidation sites excluding steroid dienone is 20. The van der Waals surface area contributed by atoms with Crippen LogP contribution >= 0.6 is 0 Å². The minimum absolute atomic E-state index is 0.606. The van der Waals surface area contributed by atoms with Gasteiger partial charge >= 0.3 is 0 Å². The van der Waals surface area contributed by atoms with Crippen LogP contribution in [0.2, 0.25) is 0 Å². The molecule has 15 aliphatic carbocycles. The molecule has 1 heterocycles. The third kappa shape index (κ3) is 16.5. The van der Waals surface area contributed by atoms with E-state index in [1.54, 1.807) is 0 Å². The first-order valence-corrected chi connectivity index (χ1v) is 33.1. The van der Waals surface area contributed by atoms with Crippen molar-refractivity contribution >= 4 is 0 Å². The molecular weight excluding hydrogens is 903 g/mol. The lowest BCUT2D eigenvalue weighted by molar-refractivity contribution is 0.119. The number of hydrogen-bond acceptors (Lipinski definition) is 1. The number of hydrogen-bond donors (Lipinski definition) is 1. The number of nitrogens with one attached hydrogen (secondary N) is 1. The standard InChI is InChI=1S/C11H18.C10H16.C10H14.C9H14.C9H12.C9H14.C8H13N.C8H12/c1-3-7-11(8-4-1)9-5-2-6-10-11;2*1-2-6-10(7-3-1)8-4-5-9-10;2*1-2-6-9(5-1)7-3-4-8-9;1-2-5-9(6-3-1)7-4-8-9;1-2-4-8(3-1)5-6-9-7-8;1-2-5-8(4-1)6-3-7-8/h1,3H,2,4-10H2;4-5H,1-3,6-9H2;1-3,6H,4-5,7-9H2;1-2H,3-8H2;1-4H,5-8H2;1-2H,3-8H2;1-2,9H,3-7H2;1-2H,3-7H2. The van der Waals surface area contributed by atoms with Gasteiger partial charge in [0, 0.05) is 6.54 Å². The lowest BCUT2D eigenvalue weighted by atomic mass is 9.62. The summed E-state index contributed by atoms with van der Waals surface area (Å²) in [6.45, 7) is 2.49. The van der Waals surface area contributed by atoms with Crippen LogP contribution < -0.4 is 5.32 Å². The van der Waals surface area contributed by atoms with E-state index in [0.717, 1.165) is 27.1 Å². The Morgan fingerprint density at radius 1 is 0.213 bits per heavy atom. The van der Waals surface area contributed by atoms with Crippen molar-refractivity contribution in [1.29, 1.82) is 0 Å². The van der Waals surface area contributed by atoms with Gasteiger partial charge in [0.15, 0.2) is 0 Å². The zero-order chi connectivity index (χ0) is 51.4. The van der Waals surface area contributed by atoms with Crippen molar-refractivity contribution in [3.05, 3.63) is 122 Å². The maximum Gasteiger partial charge on any atom is 0.00142 e. The average molecular weight is 1020 g/mol. The van der Waals surface area contributed by atoms with E-state index in [1.807, 2.05) is 0 Å². The second-order valence-corrected chi connectivity index (χ2v) is 28.7. The van der Waals surface area contributed by atoms with E-state index in [0.29, 0.717) is 16.2 Å². The van der Waals surface area contributed by atoms with E-state index < -0.39 is 0 Å². The molecule has 16 rings (SSSR count). The summed E-state index contributed by atoms with van der Waals surface area (Å²) in [5.74, 6) is 0. The summed E-state index contributed by atoms with van der Waals surface area (Å²) in [5, 5.41) is 3.42. The molecule has 1 heteroatoms. The highest BCUT2D eigenvalue weighted by atomic mass is 14.9. The van der Waals surface area contributed by atoms with Crippen LogP contribution in [0.4, 0.5) is 0 Å². The molecule has 8 spiro atoms. The largest absolute Gasteiger partial charge is 0.316 e. The fraction of sp³-hybridized carbons (Fsp3) is 0.730. The molecule has 1 aliphatic heterocycles. The number of rotatable bonds is 0. The van der Waals surface area contributed by atoms with Crippen LogP contribution in [0.25, 0.3) is 0 Å². The molecule has 0 aromatic carbocycles. The summed E-state index contributed by atoms with van der Waals surface area (Å²) in [4.78, 5) is 0. The lowest BCUT2D eigenvalue weighted by Crippen LogP contribution is -2.29. The van der Waals surface area contributed by atoms with Crippen LogP contribution in [0, 0.1) is 43.3 Å². The van der Waals surface area contributed by atoms with E-state index in [4.69, 9.17) is 0 Å². The van der Waals surface area contributed by atoms with Crippen molar-refractivity contribution in [3.63, 3.8) is 0 Å². The fourth-order valence-electron chi connectivity index (χ4n) is 17.2. The normalized spacial score (nSPS) is 29.5. The molecule has 0 aromatic rings. The van der Waals surface area contributed by atoms with Crippen molar-refractivity contribution in [1.82, 2.24) is 5.32 Å². The third-order valence-corrected chi connectivity index (χ3v) is 23.2. The highest BCUT2D eigenvalue weighted by Crippen LogP contribution is 2.52. The van der Waals surface area contributed by atoms with Crippen LogP contribution in [0.15, 0.2) is 122 Å². The Morgan fingerprint density at radius 2 is 0.533 bits per heavy atom. The van der Waals surface area contributed by atoms with Gasteiger partial charge in [-0.05, 0) is 255 Å². The van der Waals surface area contributed by atoms with Gasteiger partial charge in [-0.25, -0.2) is 0 Å². The second-order valence-electron chi connectivity index (χ2n) is 28.7. The smallest absolute Gasteiger partial charge is 0.00142 e. The topological polar surface area (TPSA) is 12.0 Å². The fourth-order valence-corrected chi connectivity index (χ4v) is 17.2. The van der Waals surface area contributed by atoms with E-state index >= 15 is 0 Å². The quantitative estimate of drug-likeness (QED) is 0.239. The van der Waals surface area contributed by atoms with Gasteiger partial charge in [0.05, 0.1) is 0 Å². The molecule has 0 atom stereocenters. The second kappa shape index (κ2) is 28.0. The van der Waals surface area contributed by atoms with Gasteiger partial charge in [0.1, 0.15) is 0 Å².